The highest BCUT2D eigenvalue weighted by Gasteiger charge is 2.17. The van der Waals surface area contributed by atoms with Crippen molar-refractivity contribution >= 4 is 40.1 Å². The fraction of sp³-hybridized carbons (Fsp3) is 0.222. The van der Waals surface area contributed by atoms with Crippen molar-refractivity contribution < 1.29 is 19.0 Å². The van der Waals surface area contributed by atoms with E-state index in [1.165, 1.54) is 13.3 Å². The van der Waals surface area contributed by atoms with E-state index >= 15 is 0 Å². The zero-order valence-corrected chi connectivity index (χ0v) is 16.3. The number of rotatable bonds is 5. The predicted octanol–water partition coefficient (Wildman–Crippen LogP) is 4.62. The summed E-state index contributed by atoms with van der Waals surface area (Å²) in [6, 6.07) is 5.08. The molecular weight excluding hydrogens is 393 g/mol. The van der Waals surface area contributed by atoms with Gasteiger partial charge in [0.25, 0.3) is 0 Å². The quantitative estimate of drug-likeness (QED) is 0.450. The predicted molar refractivity (Wildman–Crippen MR) is 101 cm³/mol. The third-order valence-corrected chi connectivity index (χ3v) is 4.12. The van der Waals surface area contributed by atoms with Crippen LogP contribution in [-0.4, -0.2) is 34.6 Å². The van der Waals surface area contributed by atoms with Crippen molar-refractivity contribution in [1.82, 2.24) is 15.0 Å². The van der Waals surface area contributed by atoms with Crippen LogP contribution in [0.1, 0.15) is 23.0 Å². The highest BCUT2D eigenvalue weighted by atomic mass is 35.5. The molecule has 7 nitrogen and oxygen atoms in total. The van der Waals surface area contributed by atoms with Gasteiger partial charge in [0.05, 0.1) is 36.7 Å². The first kappa shape index (κ1) is 19.1. The Balaban J connectivity index is 2.08. The fourth-order valence-electron chi connectivity index (χ4n) is 2.44. The second kappa shape index (κ2) is 7.94. The summed E-state index contributed by atoms with van der Waals surface area (Å²) in [7, 11) is 1.50. The number of carbonyl (C=O) groups is 1. The summed E-state index contributed by atoms with van der Waals surface area (Å²) in [5.74, 6) is 0.423. The molecule has 27 heavy (non-hydrogen) atoms. The van der Waals surface area contributed by atoms with E-state index in [-0.39, 0.29) is 22.8 Å². The van der Waals surface area contributed by atoms with Gasteiger partial charge < -0.3 is 14.2 Å². The first-order chi connectivity index (χ1) is 12.9. The van der Waals surface area contributed by atoms with Crippen molar-refractivity contribution in [2.24, 2.45) is 0 Å². The Hall–Kier alpha value is -2.64. The molecule has 2 heterocycles. The molecule has 2 aromatic heterocycles. The number of halogens is 2. The standard InChI is InChI=1S/C18H15Cl2N3O4/c1-4-26-17(24)11-5-10-6-14(25-3)15(7-13(10)22-9(11)2)27-16-12(19)8-21-18(20)23-16/h5-8H,4H2,1-3H3. The second-order valence-electron chi connectivity index (χ2n) is 5.43. The van der Waals surface area contributed by atoms with E-state index in [9.17, 15) is 4.79 Å². The summed E-state index contributed by atoms with van der Waals surface area (Å²) in [5, 5.41) is 0.894. The Morgan fingerprint density at radius 3 is 2.63 bits per heavy atom. The number of methoxy groups -OCH3 is 1. The lowest BCUT2D eigenvalue weighted by Crippen LogP contribution is -2.08. The zero-order valence-electron chi connectivity index (χ0n) is 14.7. The van der Waals surface area contributed by atoms with Crippen LogP contribution in [0.15, 0.2) is 24.4 Å². The smallest absolute Gasteiger partial charge is 0.339 e. The van der Waals surface area contributed by atoms with Gasteiger partial charge in [0, 0.05) is 11.5 Å². The molecule has 0 unspecified atom stereocenters. The molecule has 0 amide bonds. The van der Waals surface area contributed by atoms with Crippen LogP contribution in [0.4, 0.5) is 0 Å². The van der Waals surface area contributed by atoms with E-state index in [1.54, 1.807) is 32.0 Å². The number of pyridine rings is 1. The highest BCUT2D eigenvalue weighted by molar-refractivity contribution is 6.32. The van der Waals surface area contributed by atoms with E-state index in [2.05, 4.69) is 15.0 Å². The number of benzene rings is 1. The van der Waals surface area contributed by atoms with E-state index in [0.29, 0.717) is 33.7 Å². The van der Waals surface area contributed by atoms with Gasteiger partial charge in [-0.2, -0.15) is 4.98 Å². The van der Waals surface area contributed by atoms with Gasteiger partial charge in [-0.05, 0) is 37.6 Å². The summed E-state index contributed by atoms with van der Waals surface area (Å²) >= 11 is 11.9. The Morgan fingerprint density at radius 2 is 1.93 bits per heavy atom. The number of aryl methyl sites for hydroxylation is 1. The molecule has 0 saturated carbocycles. The first-order valence-corrected chi connectivity index (χ1v) is 8.71. The SMILES string of the molecule is CCOC(=O)c1cc2cc(OC)c(Oc3nc(Cl)ncc3Cl)cc2nc1C. The average Bonchev–Trinajstić information content (AvgIpc) is 2.64. The molecule has 0 spiro atoms. The molecule has 9 heteroatoms. The average molecular weight is 408 g/mol. The van der Waals surface area contributed by atoms with Gasteiger partial charge in [-0.15, -0.1) is 0 Å². The monoisotopic (exact) mass is 407 g/mol. The van der Waals surface area contributed by atoms with Crippen molar-refractivity contribution in [2.75, 3.05) is 13.7 Å². The largest absolute Gasteiger partial charge is 0.493 e. The molecule has 0 aliphatic heterocycles. The molecule has 0 bridgehead atoms. The van der Waals surface area contributed by atoms with Crippen LogP contribution >= 0.6 is 23.2 Å². The van der Waals surface area contributed by atoms with Gasteiger partial charge in [0.15, 0.2) is 11.5 Å². The molecule has 3 aromatic rings. The summed E-state index contributed by atoms with van der Waals surface area (Å²) in [5.41, 5.74) is 1.54. The maximum atomic E-state index is 12.1. The number of ether oxygens (including phenoxy) is 3. The number of hydrogen-bond acceptors (Lipinski definition) is 7. The summed E-state index contributed by atoms with van der Waals surface area (Å²) in [4.78, 5) is 24.3. The van der Waals surface area contributed by atoms with E-state index in [1.807, 2.05) is 0 Å². The minimum absolute atomic E-state index is 0.00204. The van der Waals surface area contributed by atoms with Crippen molar-refractivity contribution in [2.45, 2.75) is 13.8 Å². The molecule has 0 N–H and O–H groups in total. The van der Waals surface area contributed by atoms with Crippen LogP contribution in [0.5, 0.6) is 17.4 Å². The number of carbonyl (C=O) groups excluding carboxylic acids is 1. The first-order valence-electron chi connectivity index (χ1n) is 7.95. The molecule has 1 aromatic carbocycles. The Bertz CT molecular complexity index is 1030. The lowest BCUT2D eigenvalue weighted by molar-refractivity contribution is 0.0525. The van der Waals surface area contributed by atoms with E-state index in [4.69, 9.17) is 37.4 Å². The fourth-order valence-corrected chi connectivity index (χ4v) is 2.70. The summed E-state index contributed by atoms with van der Waals surface area (Å²) in [6.07, 6.45) is 1.34. The third-order valence-electron chi connectivity index (χ3n) is 3.68. The highest BCUT2D eigenvalue weighted by Crippen LogP contribution is 2.37. The normalized spacial score (nSPS) is 10.7. The topological polar surface area (TPSA) is 83.4 Å². The number of hydrogen-bond donors (Lipinski definition) is 0. The zero-order chi connectivity index (χ0) is 19.6. The lowest BCUT2D eigenvalue weighted by Gasteiger charge is -2.13. The minimum atomic E-state index is -0.425. The number of nitrogens with zero attached hydrogens (tertiary/aromatic N) is 3. The summed E-state index contributed by atoms with van der Waals surface area (Å²) in [6.45, 7) is 3.77. The van der Waals surface area contributed by atoms with Crippen LogP contribution in [0, 0.1) is 6.92 Å². The molecule has 0 fully saturated rings. The van der Waals surface area contributed by atoms with E-state index in [0.717, 1.165) is 0 Å². The maximum Gasteiger partial charge on any atom is 0.339 e. The molecule has 140 valence electrons. The summed E-state index contributed by atoms with van der Waals surface area (Å²) < 4.78 is 16.2. The molecule has 0 saturated heterocycles. The molecule has 3 rings (SSSR count). The van der Waals surface area contributed by atoms with Crippen LogP contribution in [0.25, 0.3) is 10.9 Å². The minimum Gasteiger partial charge on any atom is -0.493 e. The van der Waals surface area contributed by atoms with Gasteiger partial charge in [0.1, 0.15) is 5.02 Å². The maximum absolute atomic E-state index is 12.1. The molecule has 0 atom stereocenters. The Morgan fingerprint density at radius 1 is 1.15 bits per heavy atom. The Labute approximate surface area is 165 Å². The number of aromatic nitrogens is 3. The number of fused-ring (bicyclic) bond motifs is 1. The van der Waals surface area contributed by atoms with Gasteiger partial charge in [-0.25, -0.2) is 9.78 Å². The van der Waals surface area contributed by atoms with E-state index < -0.39 is 5.97 Å². The van der Waals surface area contributed by atoms with Crippen molar-refractivity contribution in [3.63, 3.8) is 0 Å². The van der Waals surface area contributed by atoms with Crippen LogP contribution in [-0.2, 0) is 4.74 Å². The van der Waals surface area contributed by atoms with Crippen molar-refractivity contribution in [3.05, 3.63) is 46.0 Å². The van der Waals surface area contributed by atoms with Gasteiger partial charge >= 0.3 is 5.97 Å². The van der Waals surface area contributed by atoms with Gasteiger partial charge in [-0.3, -0.25) is 4.98 Å². The number of esters is 1. The van der Waals surface area contributed by atoms with Crippen LogP contribution < -0.4 is 9.47 Å². The van der Waals surface area contributed by atoms with Crippen molar-refractivity contribution in [1.29, 1.82) is 0 Å². The van der Waals surface area contributed by atoms with Crippen LogP contribution in [0.2, 0.25) is 10.3 Å². The van der Waals surface area contributed by atoms with Gasteiger partial charge in [0.2, 0.25) is 11.2 Å². The van der Waals surface area contributed by atoms with Crippen LogP contribution in [0.3, 0.4) is 0 Å². The van der Waals surface area contributed by atoms with Gasteiger partial charge in [-0.1, -0.05) is 11.6 Å². The molecular formula is C18H15Cl2N3O4. The lowest BCUT2D eigenvalue weighted by atomic mass is 10.1. The molecule has 0 aliphatic carbocycles. The Kier molecular flexibility index (Phi) is 5.62. The second-order valence-corrected chi connectivity index (χ2v) is 6.18. The molecule has 0 aliphatic rings. The van der Waals surface area contributed by atoms with Crippen molar-refractivity contribution in [3.8, 4) is 17.4 Å². The third kappa shape index (κ3) is 4.04. The molecule has 0 radical (unpaired) electrons.